The van der Waals surface area contributed by atoms with Crippen molar-refractivity contribution in [3.63, 3.8) is 0 Å². The zero-order valence-corrected chi connectivity index (χ0v) is 18.3. The van der Waals surface area contributed by atoms with Gasteiger partial charge >= 0.3 is 0 Å². The number of unbranched alkanes of at least 4 members (excludes halogenated alkanes) is 5. The molecule has 0 radical (unpaired) electrons. The van der Waals surface area contributed by atoms with E-state index in [1.807, 2.05) is 6.20 Å². The second kappa shape index (κ2) is 13.4. The molecule has 0 aliphatic heterocycles. The summed E-state index contributed by atoms with van der Waals surface area (Å²) in [6.45, 7) is 7.62. The molecule has 1 aromatic carbocycles. The van der Waals surface area contributed by atoms with Gasteiger partial charge in [-0.2, -0.15) is 0 Å². The lowest BCUT2D eigenvalue weighted by atomic mass is 10.0. The number of nitrogens with zero attached hydrogens (tertiary/aromatic N) is 1. The van der Waals surface area contributed by atoms with Crippen molar-refractivity contribution in [1.82, 2.24) is 4.98 Å². The fraction of sp³-hybridized carbons (Fsp3) is 0.577. The van der Waals surface area contributed by atoms with Crippen LogP contribution in [0.15, 0.2) is 42.6 Å². The molecule has 28 heavy (non-hydrogen) atoms. The molecule has 0 aliphatic carbocycles. The summed E-state index contributed by atoms with van der Waals surface area (Å²) in [5.74, 6) is 1.74. The van der Waals surface area contributed by atoms with Crippen LogP contribution in [0.25, 0.3) is 11.3 Å². The smallest absolute Gasteiger partial charge is 0.119 e. The zero-order chi connectivity index (χ0) is 20.0. The van der Waals surface area contributed by atoms with Crippen LogP contribution in [-0.4, -0.2) is 11.6 Å². The van der Waals surface area contributed by atoms with Crippen LogP contribution in [0.4, 0.5) is 0 Å². The molecular weight excluding hydrogens is 342 g/mol. The monoisotopic (exact) mass is 381 g/mol. The highest BCUT2D eigenvalue weighted by Crippen LogP contribution is 2.22. The summed E-state index contributed by atoms with van der Waals surface area (Å²) in [4.78, 5) is 4.67. The first kappa shape index (κ1) is 22.5. The van der Waals surface area contributed by atoms with E-state index in [-0.39, 0.29) is 0 Å². The molecule has 0 aliphatic rings. The van der Waals surface area contributed by atoms with Crippen LogP contribution in [0.1, 0.15) is 84.1 Å². The van der Waals surface area contributed by atoms with Crippen LogP contribution >= 0.6 is 0 Å². The molecule has 0 fully saturated rings. The second-order valence-corrected chi connectivity index (χ2v) is 8.10. The van der Waals surface area contributed by atoms with E-state index >= 15 is 0 Å². The number of rotatable bonds is 14. The maximum atomic E-state index is 5.87. The van der Waals surface area contributed by atoms with Gasteiger partial charge in [-0.1, -0.05) is 65.4 Å². The third-order valence-electron chi connectivity index (χ3n) is 5.60. The Hall–Kier alpha value is -1.83. The average Bonchev–Trinajstić information content (AvgIpc) is 2.74. The Labute approximate surface area is 172 Å². The van der Waals surface area contributed by atoms with Crippen LogP contribution in [-0.2, 0) is 6.42 Å². The number of hydrogen-bond donors (Lipinski definition) is 0. The molecule has 0 spiro atoms. The third-order valence-corrected chi connectivity index (χ3v) is 5.60. The Kier molecular flexibility index (Phi) is 10.7. The van der Waals surface area contributed by atoms with E-state index in [1.54, 1.807) is 0 Å². The van der Waals surface area contributed by atoms with E-state index in [2.05, 4.69) is 62.2 Å². The highest BCUT2D eigenvalue weighted by Gasteiger charge is 2.03. The van der Waals surface area contributed by atoms with Crippen LogP contribution in [0.3, 0.4) is 0 Å². The molecule has 0 saturated carbocycles. The first-order valence-electron chi connectivity index (χ1n) is 11.4. The Bertz CT molecular complexity index is 632. The number of pyridine rings is 1. The number of benzene rings is 1. The van der Waals surface area contributed by atoms with Crippen molar-refractivity contribution in [3.05, 3.63) is 48.2 Å². The van der Waals surface area contributed by atoms with Gasteiger partial charge in [-0.3, -0.25) is 4.98 Å². The van der Waals surface area contributed by atoms with Gasteiger partial charge in [0.25, 0.3) is 0 Å². The minimum absolute atomic E-state index is 0.793. The van der Waals surface area contributed by atoms with Gasteiger partial charge in [0.1, 0.15) is 5.75 Å². The van der Waals surface area contributed by atoms with Gasteiger partial charge in [0.05, 0.1) is 12.3 Å². The van der Waals surface area contributed by atoms with Crippen molar-refractivity contribution in [1.29, 1.82) is 0 Å². The van der Waals surface area contributed by atoms with E-state index in [4.69, 9.17) is 4.74 Å². The van der Waals surface area contributed by atoms with Gasteiger partial charge in [0.2, 0.25) is 0 Å². The van der Waals surface area contributed by atoms with E-state index in [0.29, 0.717) is 0 Å². The molecule has 1 aromatic heterocycles. The van der Waals surface area contributed by atoms with Gasteiger partial charge in [-0.05, 0) is 67.5 Å². The molecular formula is C26H39NO. The van der Waals surface area contributed by atoms with Gasteiger partial charge in [0, 0.05) is 11.8 Å². The normalized spacial score (nSPS) is 12.1. The Morgan fingerprint density at radius 1 is 0.857 bits per heavy atom. The standard InChI is InChI=1S/C26H39NO/c1-4-6-7-8-9-10-13-23-14-19-26(27-21-23)24-15-17-25(18-16-24)28-20-11-12-22(3)5-2/h14-19,21-22H,4-13,20H2,1-3H3/t22-/m0/s1. The molecule has 2 aromatic rings. The lowest BCUT2D eigenvalue weighted by Crippen LogP contribution is -2.00. The number of hydrogen-bond acceptors (Lipinski definition) is 2. The fourth-order valence-electron chi connectivity index (χ4n) is 3.40. The molecule has 1 heterocycles. The lowest BCUT2D eigenvalue weighted by Gasteiger charge is -2.10. The van der Waals surface area contributed by atoms with Crippen LogP contribution in [0.5, 0.6) is 5.75 Å². The van der Waals surface area contributed by atoms with Crippen molar-refractivity contribution in [2.45, 2.75) is 85.0 Å². The number of ether oxygens (including phenoxy) is 1. The number of aromatic nitrogens is 1. The van der Waals surface area contributed by atoms with E-state index < -0.39 is 0 Å². The summed E-state index contributed by atoms with van der Waals surface area (Å²) in [6.07, 6.45) is 14.8. The van der Waals surface area contributed by atoms with Crippen molar-refractivity contribution in [2.75, 3.05) is 6.61 Å². The summed E-state index contributed by atoms with van der Waals surface area (Å²) in [5.41, 5.74) is 3.54. The largest absolute Gasteiger partial charge is 0.494 e. The quantitative estimate of drug-likeness (QED) is 0.311. The molecule has 2 rings (SSSR count). The lowest BCUT2D eigenvalue weighted by molar-refractivity contribution is 0.294. The van der Waals surface area contributed by atoms with Crippen LogP contribution in [0, 0.1) is 5.92 Å². The van der Waals surface area contributed by atoms with Crippen LogP contribution in [0.2, 0.25) is 0 Å². The Morgan fingerprint density at radius 2 is 1.61 bits per heavy atom. The summed E-state index contributed by atoms with van der Waals surface area (Å²) in [6, 6.07) is 12.7. The van der Waals surface area contributed by atoms with E-state index in [0.717, 1.165) is 42.4 Å². The zero-order valence-electron chi connectivity index (χ0n) is 18.3. The predicted molar refractivity (Wildman–Crippen MR) is 121 cm³/mol. The first-order valence-corrected chi connectivity index (χ1v) is 11.4. The summed E-state index contributed by atoms with van der Waals surface area (Å²) < 4.78 is 5.87. The van der Waals surface area contributed by atoms with Crippen molar-refractivity contribution >= 4 is 0 Å². The molecule has 0 amide bonds. The first-order chi connectivity index (χ1) is 13.7. The molecule has 0 unspecified atom stereocenters. The maximum Gasteiger partial charge on any atom is 0.119 e. The van der Waals surface area contributed by atoms with Gasteiger partial charge in [-0.25, -0.2) is 0 Å². The van der Waals surface area contributed by atoms with Crippen LogP contribution < -0.4 is 4.74 Å². The maximum absolute atomic E-state index is 5.87. The van der Waals surface area contributed by atoms with Crippen molar-refractivity contribution < 1.29 is 4.74 Å². The molecule has 1 atom stereocenters. The molecule has 2 heteroatoms. The minimum Gasteiger partial charge on any atom is -0.494 e. The summed E-state index contributed by atoms with van der Waals surface area (Å²) >= 11 is 0. The van der Waals surface area contributed by atoms with Crippen molar-refractivity contribution in [3.8, 4) is 17.0 Å². The van der Waals surface area contributed by atoms with Crippen molar-refractivity contribution in [2.24, 2.45) is 5.92 Å². The Balaban J connectivity index is 1.74. The topological polar surface area (TPSA) is 22.1 Å². The Morgan fingerprint density at radius 3 is 2.29 bits per heavy atom. The molecule has 0 N–H and O–H groups in total. The minimum atomic E-state index is 0.793. The summed E-state index contributed by atoms with van der Waals surface area (Å²) in [7, 11) is 0. The molecule has 2 nitrogen and oxygen atoms in total. The fourth-order valence-corrected chi connectivity index (χ4v) is 3.40. The second-order valence-electron chi connectivity index (χ2n) is 8.10. The molecule has 154 valence electrons. The number of aryl methyl sites for hydroxylation is 1. The average molecular weight is 382 g/mol. The summed E-state index contributed by atoms with van der Waals surface area (Å²) in [5, 5.41) is 0. The predicted octanol–water partition coefficient (Wildman–Crippen LogP) is 7.86. The van der Waals surface area contributed by atoms with Gasteiger partial charge < -0.3 is 4.74 Å². The molecule has 0 saturated heterocycles. The van der Waals surface area contributed by atoms with Gasteiger partial charge in [0.15, 0.2) is 0 Å². The van der Waals surface area contributed by atoms with E-state index in [9.17, 15) is 0 Å². The third kappa shape index (κ3) is 8.46. The van der Waals surface area contributed by atoms with E-state index in [1.165, 1.54) is 56.9 Å². The highest BCUT2D eigenvalue weighted by molar-refractivity contribution is 5.60. The SMILES string of the molecule is CCCCCCCCc1ccc(-c2ccc(OCCC[C@@H](C)CC)cc2)nc1. The molecule has 0 bridgehead atoms. The highest BCUT2D eigenvalue weighted by atomic mass is 16.5. The van der Waals surface area contributed by atoms with Gasteiger partial charge in [-0.15, -0.1) is 0 Å².